The number of likely N-dealkylation sites (tertiary alicyclic amines) is 1. The van der Waals surface area contributed by atoms with Gasteiger partial charge in [0, 0.05) is 0 Å². The van der Waals surface area contributed by atoms with Crippen LogP contribution in [0.4, 0.5) is 0 Å². The van der Waals surface area contributed by atoms with Crippen molar-refractivity contribution >= 4 is 17.8 Å². The van der Waals surface area contributed by atoms with Gasteiger partial charge in [0.25, 0.3) is 11.8 Å². The first kappa shape index (κ1) is 13.0. The lowest BCUT2D eigenvalue weighted by atomic mass is 9.85. The van der Waals surface area contributed by atoms with E-state index in [0.29, 0.717) is 12.8 Å². The van der Waals surface area contributed by atoms with Gasteiger partial charge < -0.3 is 9.84 Å². The van der Waals surface area contributed by atoms with E-state index in [1.165, 1.54) is 0 Å². The topological polar surface area (TPSA) is 83.9 Å². The van der Waals surface area contributed by atoms with Gasteiger partial charge in [0.1, 0.15) is 18.2 Å². The molecule has 2 rings (SSSR count). The number of carboxylic acids is 1. The summed E-state index contributed by atoms with van der Waals surface area (Å²) in [6.45, 7) is 5.09. The van der Waals surface area contributed by atoms with Gasteiger partial charge in [-0.1, -0.05) is 20.8 Å². The maximum atomic E-state index is 12.1. The van der Waals surface area contributed by atoms with Crippen molar-refractivity contribution in [3.63, 3.8) is 0 Å². The van der Waals surface area contributed by atoms with Gasteiger partial charge in [-0.05, 0) is 18.3 Å². The summed E-state index contributed by atoms with van der Waals surface area (Å²) >= 11 is 0. The normalized spacial score (nSPS) is 29.6. The van der Waals surface area contributed by atoms with E-state index in [2.05, 4.69) is 0 Å². The summed E-state index contributed by atoms with van der Waals surface area (Å²) in [6, 6.07) is -1.15. The molecule has 2 amide bonds. The van der Waals surface area contributed by atoms with Gasteiger partial charge in [-0.2, -0.15) is 0 Å². The standard InChI is InChI=1S/C12H17NO5/c1-12(2,3)8(11(16)17)13-9(14)6-4-5-7(18-6)10(13)15/h6-8H,4-5H2,1-3H3,(H,16,17). The first-order valence-corrected chi connectivity index (χ1v) is 5.98. The molecule has 2 fully saturated rings. The predicted octanol–water partition coefficient (Wildman–Crippen LogP) is 0.402. The van der Waals surface area contributed by atoms with Crippen molar-refractivity contribution in [2.45, 2.75) is 51.9 Å². The summed E-state index contributed by atoms with van der Waals surface area (Å²) in [6.07, 6.45) is -0.335. The molecule has 2 saturated heterocycles. The van der Waals surface area contributed by atoms with Crippen LogP contribution < -0.4 is 0 Å². The van der Waals surface area contributed by atoms with Gasteiger partial charge >= 0.3 is 5.97 Å². The van der Waals surface area contributed by atoms with Gasteiger partial charge in [-0.15, -0.1) is 0 Å². The summed E-state index contributed by atoms with van der Waals surface area (Å²) in [5, 5.41) is 9.30. The SMILES string of the molecule is CC(C)(C)C(C(=O)O)N1C(=O)C2CCC(O2)C1=O. The highest BCUT2D eigenvalue weighted by atomic mass is 16.5. The Balaban J connectivity index is 2.38. The maximum absolute atomic E-state index is 12.1. The van der Waals surface area contributed by atoms with Crippen LogP contribution in [0.15, 0.2) is 0 Å². The number of carbonyl (C=O) groups excluding carboxylic acids is 2. The number of imide groups is 1. The highest BCUT2D eigenvalue weighted by Gasteiger charge is 2.53. The number of carbonyl (C=O) groups is 3. The van der Waals surface area contributed by atoms with Gasteiger partial charge in [0.2, 0.25) is 0 Å². The van der Waals surface area contributed by atoms with Crippen molar-refractivity contribution in [3.05, 3.63) is 0 Å². The first-order valence-electron chi connectivity index (χ1n) is 5.98. The zero-order chi connectivity index (χ0) is 13.7. The third-order valence-electron chi connectivity index (χ3n) is 3.36. The zero-order valence-electron chi connectivity index (χ0n) is 10.7. The molecule has 3 atom stereocenters. The monoisotopic (exact) mass is 255 g/mol. The van der Waals surface area contributed by atoms with Crippen LogP contribution in [0.25, 0.3) is 0 Å². The van der Waals surface area contributed by atoms with Crippen molar-refractivity contribution in [1.29, 1.82) is 0 Å². The Labute approximate surface area is 105 Å². The largest absolute Gasteiger partial charge is 0.480 e. The first-order chi connectivity index (χ1) is 8.23. The Morgan fingerprint density at radius 3 is 2.06 bits per heavy atom. The molecule has 100 valence electrons. The lowest BCUT2D eigenvalue weighted by molar-refractivity contribution is -0.180. The van der Waals surface area contributed by atoms with Crippen LogP contribution in [0, 0.1) is 5.41 Å². The molecule has 1 N–H and O–H groups in total. The average Bonchev–Trinajstić information content (AvgIpc) is 2.65. The molecule has 6 nitrogen and oxygen atoms in total. The lowest BCUT2D eigenvalue weighted by Gasteiger charge is -2.39. The van der Waals surface area contributed by atoms with E-state index >= 15 is 0 Å². The van der Waals surface area contributed by atoms with Crippen molar-refractivity contribution in [3.8, 4) is 0 Å². The number of nitrogens with zero attached hydrogens (tertiary/aromatic N) is 1. The van der Waals surface area contributed by atoms with Crippen LogP contribution in [-0.2, 0) is 19.1 Å². The van der Waals surface area contributed by atoms with Crippen molar-refractivity contribution in [2.24, 2.45) is 5.41 Å². The van der Waals surface area contributed by atoms with Gasteiger partial charge in [0.15, 0.2) is 0 Å². The second kappa shape index (κ2) is 4.05. The smallest absolute Gasteiger partial charge is 0.327 e. The Kier molecular flexibility index (Phi) is 2.93. The molecule has 2 heterocycles. The average molecular weight is 255 g/mol. The minimum absolute atomic E-state index is 0.488. The van der Waals surface area contributed by atoms with E-state index in [1.54, 1.807) is 20.8 Å². The summed E-state index contributed by atoms with van der Waals surface area (Å²) in [5.41, 5.74) is -0.714. The second-order valence-corrected chi connectivity index (χ2v) is 5.84. The van der Waals surface area contributed by atoms with Crippen LogP contribution in [0.1, 0.15) is 33.6 Å². The quantitative estimate of drug-likeness (QED) is 0.722. The highest BCUT2D eigenvalue weighted by molar-refractivity contribution is 6.05. The van der Waals surface area contributed by atoms with Gasteiger partial charge in [-0.3, -0.25) is 14.5 Å². The molecular weight excluding hydrogens is 238 g/mol. The maximum Gasteiger partial charge on any atom is 0.327 e. The third kappa shape index (κ3) is 1.90. The number of carboxylic acid groups (broad SMARTS) is 1. The minimum Gasteiger partial charge on any atom is -0.480 e. The van der Waals surface area contributed by atoms with Crippen LogP contribution >= 0.6 is 0 Å². The second-order valence-electron chi connectivity index (χ2n) is 5.84. The van der Waals surface area contributed by atoms with Crippen LogP contribution in [0.5, 0.6) is 0 Å². The van der Waals surface area contributed by atoms with E-state index in [9.17, 15) is 19.5 Å². The number of ether oxygens (including phenoxy) is 1. The Hall–Kier alpha value is -1.43. The Bertz CT molecular complexity index is 389. The van der Waals surface area contributed by atoms with E-state index < -0.39 is 41.4 Å². The van der Waals surface area contributed by atoms with Gasteiger partial charge in [0.05, 0.1) is 0 Å². The molecule has 2 aliphatic heterocycles. The van der Waals surface area contributed by atoms with E-state index in [4.69, 9.17) is 4.74 Å². The molecule has 0 aliphatic carbocycles. The van der Waals surface area contributed by atoms with Crippen LogP contribution in [0.3, 0.4) is 0 Å². The molecule has 2 aliphatic rings. The fourth-order valence-electron chi connectivity index (χ4n) is 2.54. The van der Waals surface area contributed by atoms with Crippen molar-refractivity contribution in [2.75, 3.05) is 0 Å². The molecule has 2 bridgehead atoms. The number of hydrogen-bond acceptors (Lipinski definition) is 4. The summed E-state index contributed by atoms with van der Waals surface area (Å²) in [7, 11) is 0. The molecule has 3 unspecified atom stereocenters. The number of rotatable bonds is 2. The van der Waals surface area contributed by atoms with Gasteiger partial charge in [-0.25, -0.2) is 4.79 Å². The number of hydrogen-bond donors (Lipinski definition) is 1. The van der Waals surface area contributed by atoms with Crippen molar-refractivity contribution < 1.29 is 24.2 Å². The highest BCUT2D eigenvalue weighted by Crippen LogP contribution is 2.34. The minimum atomic E-state index is -1.16. The Morgan fingerprint density at radius 1 is 1.28 bits per heavy atom. The Morgan fingerprint density at radius 2 is 1.72 bits per heavy atom. The van der Waals surface area contributed by atoms with E-state index in [1.807, 2.05) is 0 Å². The number of aliphatic carboxylic acids is 1. The zero-order valence-corrected chi connectivity index (χ0v) is 10.7. The molecule has 0 aromatic carbocycles. The fourth-order valence-corrected chi connectivity index (χ4v) is 2.54. The molecule has 6 heteroatoms. The summed E-state index contributed by atoms with van der Waals surface area (Å²) < 4.78 is 5.26. The molecule has 0 saturated carbocycles. The molecule has 0 aromatic heterocycles. The molecule has 0 aromatic rings. The molecule has 18 heavy (non-hydrogen) atoms. The molecule has 0 radical (unpaired) electrons. The number of amides is 2. The number of fused-ring (bicyclic) bond motifs is 2. The van der Waals surface area contributed by atoms with E-state index in [-0.39, 0.29) is 0 Å². The van der Waals surface area contributed by atoms with Crippen LogP contribution in [0.2, 0.25) is 0 Å². The fraction of sp³-hybridized carbons (Fsp3) is 0.750. The number of morpholine rings is 1. The van der Waals surface area contributed by atoms with Crippen molar-refractivity contribution in [1.82, 2.24) is 4.90 Å². The predicted molar refractivity (Wildman–Crippen MR) is 60.6 cm³/mol. The molecule has 0 spiro atoms. The van der Waals surface area contributed by atoms with Crippen LogP contribution in [-0.4, -0.2) is 46.0 Å². The molecular formula is C12H17NO5. The summed E-state index contributed by atoms with van der Waals surface area (Å²) in [5.74, 6) is -2.20. The third-order valence-corrected chi connectivity index (χ3v) is 3.36. The lowest BCUT2D eigenvalue weighted by Crippen LogP contribution is -2.61. The van der Waals surface area contributed by atoms with E-state index in [0.717, 1.165) is 4.90 Å². The summed E-state index contributed by atoms with van der Waals surface area (Å²) in [4.78, 5) is 36.5.